The third-order valence-electron chi connectivity index (χ3n) is 5.44. The maximum Gasteiger partial charge on any atom is 0.180 e. The Balaban J connectivity index is 1.53. The van der Waals surface area contributed by atoms with Crippen LogP contribution in [0.3, 0.4) is 0 Å². The first kappa shape index (κ1) is 22.0. The fourth-order valence-electron chi connectivity index (χ4n) is 3.78. The molecule has 1 N–H and O–H groups in total. The van der Waals surface area contributed by atoms with Gasteiger partial charge in [0, 0.05) is 24.9 Å². The molecule has 0 saturated heterocycles. The molecule has 0 unspecified atom stereocenters. The van der Waals surface area contributed by atoms with Crippen LogP contribution in [0.1, 0.15) is 49.8 Å². The number of aromatic nitrogens is 7. The van der Waals surface area contributed by atoms with Gasteiger partial charge in [-0.05, 0) is 38.9 Å². The first-order chi connectivity index (χ1) is 15.8. The minimum Gasteiger partial charge on any atom is -0.249 e. The molecule has 4 aromatic rings. The smallest absolute Gasteiger partial charge is 0.180 e. The summed E-state index contributed by atoms with van der Waals surface area (Å²) < 4.78 is 2.06. The maximum absolute atomic E-state index is 5.01. The highest BCUT2D eigenvalue weighted by Gasteiger charge is 2.12. The lowest BCUT2D eigenvalue weighted by Gasteiger charge is -2.09. The minimum atomic E-state index is 0.622. The summed E-state index contributed by atoms with van der Waals surface area (Å²) in [5.41, 5.74) is 4.37. The van der Waals surface area contributed by atoms with Gasteiger partial charge >= 0.3 is 0 Å². The Bertz CT molecular complexity index is 1130. The number of benzene rings is 2. The monoisotopic (exact) mass is 445 g/mol. The number of H-pyrrole nitrogens is 1. The molecule has 0 spiro atoms. The van der Waals surface area contributed by atoms with Crippen LogP contribution < -0.4 is 0 Å². The minimum absolute atomic E-state index is 0.622. The van der Waals surface area contributed by atoms with Crippen molar-refractivity contribution in [3.05, 3.63) is 65.7 Å². The van der Waals surface area contributed by atoms with Crippen molar-refractivity contribution in [3.8, 4) is 22.5 Å². The van der Waals surface area contributed by atoms with Gasteiger partial charge < -0.3 is 0 Å². The summed E-state index contributed by atoms with van der Waals surface area (Å²) in [6, 6.07) is 16.7. The fraction of sp³-hybridized carbons (Fsp3) is 0.333. The molecule has 0 atom stereocenters. The van der Waals surface area contributed by atoms with Crippen molar-refractivity contribution in [3.63, 3.8) is 0 Å². The van der Waals surface area contributed by atoms with Gasteiger partial charge in [0.25, 0.3) is 0 Å². The van der Waals surface area contributed by atoms with E-state index in [9.17, 15) is 0 Å². The summed E-state index contributed by atoms with van der Waals surface area (Å²) in [4.78, 5) is 4.75. The summed E-state index contributed by atoms with van der Waals surface area (Å²) in [7, 11) is 0. The van der Waals surface area contributed by atoms with E-state index in [2.05, 4.69) is 67.7 Å². The number of nitrogens with one attached hydrogen (secondary N) is 1. The summed E-state index contributed by atoms with van der Waals surface area (Å²) in [5, 5.41) is 20.7. The molecule has 0 radical (unpaired) electrons. The first-order valence-electron chi connectivity index (χ1n) is 11.1. The average Bonchev–Trinajstić information content (AvgIpc) is 3.48. The third-order valence-corrected chi connectivity index (χ3v) is 5.60. The number of nitrogens with zero attached hydrogens (tertiary/aromatic N) is 6. The molecule has 0 amide bonds. The van der Waals surface area contributed by atoms with Crippen molar-refractivity contribution < 1.29 is 0 Å². The van der Waals surface area contributed by atoms with Crippen LogP contribution in [0.25, 0.3) is 22.5 Å². The number of rotatable bonds is 11. The van der Waals surface area contributed by atoms with Crippen LogP contribution in [0.5, 0.6) is 0 Å². The Morgan fingerprint density at radius 2 is 1.81 bits per heavy atom. The average molecular weight is 446 g/mol. The second-order valence-electron chi connectivity index (χ2n) is 7.77. The number of tetrazole rings is 1. The van der Waals surface area contributed by atoms with Gasteiger partial charge in [-0.25, -0.2) is 14.8 Å². The molecule has 0 saturated carbocycles. The van der Waals surface area contributed by atoms with Crippen molar-refractivity contribution in [2.45, 2.75) is 52.0 Å². The van der Waals surface area contributed by atoms with E-state index in [1.807, 2.05) is 18.2 Å². The standard InChI is InChI=1S/C24H27N7S/c1-2-3-4-7-15-31-23(25-22(28-31)14-16-32)17-18-10-12-19(13-11-18)20-8-5-6-9-21(20)24-26-29-30-27-24/h5-6,8-13,16H,2-4,7,14-15,17H2,1H3,(H,26,27,29,30). The molecule has 0 aliphatic heterocycles. The quantitative estimate of drug-likeness (QED) is 0.263. The van der Waals surface area contributed by atoms with E-state index in [0.717, 1.165) is 47.7 Å². The lowest BCUT2D eigenvalue weighted by atomic mass is 9.98. The molecule has 2 aromatic carbocycles. The van der Waals surface area contributed by atoms with Crippen molar-refractivity contribution in [2.24, 2.45) is 0 Å². The molecule has 0 aliphatic rings. The first-order valence-corrected chi connectivity index (χ1v) is 11.5. The zero-order chi connectivity index (χ0) is 22.2. The zero-order valence-electron chi connectivity index (χ0n) is 18.2. The Labute approximate surface area is 193 Å². The van der Waals surface area contributed by atoms with E-state index in [-0.39, 0.29) is 0 Å². The predicted molar refractivity (Wildman–Crippen MR) is 129 cm³/mol. The maximum atomic E-state index is 5.01. The van der Waals surface area contributed by atoms with E-state index in [1.165, 1.54) is 24.8 Å². The topological polar surface area (TPSA) is 85.2 Å². The van der Waals surface area contributed by atoms with E-state index in [4.69, 9.17) is 17.2 Å². The molecular formula is C24H27N7S. The number of unbranched alkanes of at least 4 members (excludes halogenated alkanes) is 3. The SMILES string of the molecule is CCCCCCn1nc(CC=S)nc1Cc1ccc(-c2ccccc2-c2nnn[nH]2)cc1. The molecular weight excluding hydrogens is 418 g/mol. The van der Waals surface area contributed by atoms with Crippen molar-refractivity contribution in [1.29, 1.82) is 0 Å². The van der Waals surface area contributed by atoms with E-state index >= 15 is 0 Å². The molecule has 4 rings (SSSR count). The Morgan fingerprint density at radius 1 is 1.00 bits per heavy atom. The van der Waals surface area contributed by atoms with Crippen molar-refractivity contribution in [2.75, 3.05) is 0 Å². The summed E-state index contributed by atoms with van der Waals surface area (Å²) in [6.45, 7) is 3.12. The molecule has 7 nitrogen and oxygen atoms in total. The van der Waals surface area contributed by atoms with Crippen LogP contribution in [-0.4, -0.2) is 40.8 Å². The highest BCUT2D eigenvalue weighted by Crippen LogP contribution is 2.30. The van der Waals surface area contributed by atoms with Crippen LogP contribution in [0.4, 0.5) is 0 Å². The lowest BCUT2D eigenvalue weighted by molar-refractivity contribution is 0.523. The number of hydrogen-bond acceptors (Lipinski definition) is 6. The molecule has 2 aromatic heterocycles. The van der Waals surface area contributed by atoms with Gasteiger partial charge in [0.15, 0.2) is 11.6 Å². The van der Waals surface area contributed by atoms with Crippen LogP contribution >= 0.6 is 12.2 Å². The molecule has 0 fully saturated rings. The van der Waals surface area contributed by atoms with Crippen molar-refractivity contribution >= 4 is 17.6 Å². The lowest BCUT2D eigenvalue weighted by Crippen LogP contribution is -2.07. The van der Waals surface area contributed by atoms with Gasteiger partial charge in [-0.2, -0.15) is 5.10 Å². The van der Waals surface area contributed by atoms with Gasteiger partial charge in [0.05, 0.1) is 0 Å². The summed E-state index contributed by atoms with van der Waals surface area (Å²) in [5.74, 6) is 2.46. The van der Waals surface area contributed by atoms with Gasteiger partial charge in [-0.15, -0.1) is 5.10 Å². The summed E-state index contributed by atoms with van der Waals surface area (Å²) in [6.07, 6.45) is 6.18. The molecule has 0 aliphatic carbocycles. The van der Waals surface area contributed by atoms with Crippen LogP contribution in [0.15, 0.2) is 48.5 Å². The van der Waals surface area contributed by atoms with Crippen LogP contribution in [0, 0.1) is 0 Å². The van der Waals surface area contributed by atoms with Crippen LogP contribution in [0.2, 0.25) is 0 Å². The normalized spacial score (nSPS) is 11.0. The van der Waals surface area contributed by atoms with Gasteiger partial charge in [0.1, 0.15) is 5.82 Å². The molecule has 164 valence electrons. The molecule has 0 bridgehead atoms. The van der Waals surface area contributed by atoms with Gasteiger partial charge in [0.2, 0.25) is 0 Å². The highest BCUT2D eigenvalue weighted by atomic mass is 32.1. The van der Waals surface area contributed by atoms with E-state index in [0.29, 0.717) is 12.2 Å². The Hall–Kier alpha value is -3.26. The summed E-state index contributed by atoms with van der Waals surface area (Å²) >= 11 is 5.01. The largest absolute Gasteiger partial charge is 0.249 e. The van der Waals surface area contributed by atoms with Gasteiger partial charge in [-0.3, -0.25) is 0 Å². The molecule has 32 heavy (non-hydrogen) atoms. The second kappa shape index (κ2) is 10.9. The fourth-order valence-corrected chi connectivity index (χ4v) is 3.93. The van der Waals surface area contributed by atoms with E-state index < -0.39 is 0 Å². The number of thiocarbonyl (C=S) groups is 1. The molecule has 2 heterocycles. The Kier molecular flexibility index (Phi) is 7.45. The number of aromatic amines is 1. The predicted octanol–water partition coefficient (Wildman–Crippen LogP) is 4.84. The van der Waals surface area contributed by atoms with Crippen LogP contribution in [-0.2, 0) is 19.4 Å². The van der Waals surface area contributed by atoms with Gasteiger partial charge in [-0.1, -0.05) is 86.9 Å². The highest BCUT2D eigenvalue weighted by molar-refractivity contribution is 7.78. The molecule has 8 heteroatoms. The second-order valence-corrected chi connectivity index (χ2v) is 8.10. The number of hydrogen-bond donors (Lipinski definition) is 1. The zero-order valence-corrected chi connectivity index (χ0v) is 19.1. The van der Waals surface area contributed by atoms with E-state index in [1.54, 1.807) is 5.37 Å². The number of aryl methyl sites for hydroxylation is 1. The third kappa shape index (κ3) is 5.31. The Morgan fingerprint density at radius 3 is 2.53 bits per heavy atom. The van der Waals surface area contributed by atoms with Crippen molar-refractivity contribution in [1.82, 2.24) is 35.4 Å².